The number of unbranched alkanes of at least 4 members (excludes halogenated alkanes) is 3. The van der Waals surface area contributed by atoms with Crippen molar-refractivity contribution in [1.82, 2.24) is 4.98 Å². The van der Waals surface area contributed by atoms with Crippen LogP contribution in [0.1, 0.15) is 159 Å². The molecule has 1 aliphatic carbocycles. The molecule has 1 aliphatic rings. The van der Waals surface area contributed by atoms with E-state index in [1.54, 1.807) is 5.57 Å². The van der Waals surface area contributed by atoms with Crippen LogP contribution in [0.5, 0.6) is 5.75 Å². The van der Waals surface area contributed by atoms with Crippen LogP contribution in [0.25, 0.3) is 11.3 Å². The number of aromatic nitrogens is 1. The van der Waals surface area contributed by atoms with Crippen molar-refractivity contribution in [3.63, 3.8) is 0 Å². The first kappa shape index (κ1) is 51.3. The number of carbonyl (C=O) groups is 2. The number of aryl methyl sites for hydroxylation is 1. The molecule has 1 heterocycles. The van der Waals surface area contributed by atoms with Gasteiger partial charge in [-0.15, -0.1) is 0 Å². The van der Waals surface area contributed by atoms with E-state index in [0.717, 1.165) is 48.2 Å². The number of hydrogen-bond donors (Lipinski definition) is 2. The van der Waals surface area contributed by atoms with Crippen LogP contribution >= 0.6 is 11.6 Å². The van der Waals surface area contributed by atoms with Crippen molar-refractivity contribution >= 4 is 25.2 Å². The molecule has 0 saturated heterocycles. The van der Waals surface area contributed by atoms with Gasteiger partial charge in [0.05, 0.1) is 11.4 Å². The molecule has 3 rings (SSSR count). The average molecular weight is 678 g/mol. The lowest BCUT2D eigenvalue weighted by molar-refractivity contribution is -0.0987. The van der Waals surface area contributed by atoms with Crippen molar-refractivity contribution in [3.8, 4) is 17.0 Å². The van der Waals surface area contributed by atoms with Gasteiger partial charge in [0, 0.05) is 22.8 Å². The highest BCUT2D eigenvalue weighted by Crippen LogP contribution is 2.38. The summed E-state index contributed by atoms with van der Waals surface area (Å²) >= 11 is 6.05. The summed E-state index contributed by atoms with van der Waals surface area (Å²) in [6.45, 7) is 29.9. The number of aliphatic hydroxyl groups is 1. The molecule has 0 radical (unpaired) electrons. The molecule has 47 heavy (non-hydrogen) atoms. The summed E-state index contributed by atoms with van der Waals surface area (Å²) in [6, 6.07) is 9.78. The molecule has 0 spiro atoms. The quantitative estimate of drug-likeness (QED) is 0.182. The van der Waals surface area contributed by atoms with Crippen LogP contribution in [0.2, 0.25) is 5.02 Å². The molecular weight excluding hydrogens is 606 g/mol. The number of nitrogens with zero attached hydrogens (tertiary/aromatic N) is 1. The first-order chi connectivity index (χ1) is 22.4. The molecule has 0 atom stereocenters. The Labute approximate surface area is 295 Å². The van der Waals surface area contributed by atoms with Crippen molar-refractivity contribution in [1.29, 1.82) is 0 Å². The van der Waals surface area contributed by atoms with Crippen molar-refractivity contribution in [3.05, 3.63) is 58.3 Å². The summed E-state index contributed by atoms with van der Waals surface area (Å²) in [5, 5.41) is 20.1. The molecule has 1 aromatic carbocycles. The molecule has 2 aromatic rings. The number of halogens is 1. The zero-order valence-electron chi connectivity index (χ0n) is 32.4. The van der Waals surface area contributed by atoms with Gasteiger partial charge < -0.3 is 19.8 Å². The summed E-state index contributed by atoms with van der Waals surface area (Å²) in [5.41, 5.74) is 5.36. The Morgan fingerprint density at radius 1 is 0.851 bits per heavy atom. The molecule has 2 N–H and O–H groups in total. The molecule has 1 aromatic heterocycles. The lowest BCUT2D eigenvalue weighted by Crippen LogP contribution is -2.16. The molecule has 272 valence electrons. The molecular formula is C41H72ClNO4. The van der Waals surface area contributed by atoms with Crippen molar-refractivity contribution in [2.24, 2.45) is 5.41 Å². The third kappa shape index (κ3) is 26.2. The predicted octanol–water partition coefficient (Wildman–Crippen LogP) is 12.5. The number of pyridine rings is 1. The minimum atomic E-state index is -0.153. The van der Waals surface area contributed by atoms with E-state index in [-0.39, 0.29) is 10.8 Å². The normalized spacial score (nSPS) is 11.0. The summed E-state index contributed by atoms with van der Waals surface area (Å²) < 4.78 is 0. The minimum Gasteiger partial charge on any atom is -0.506 e. The van der Waals surface area contributed by atoms with Crippen molar-refractivity contribution < 1.29 is 19.8 Å². The van der Waals surface area contributed by atoms with Crippen LogP contribution in [0.4, 0.5) is 0 Å². The van der Waals surface area contributed by atoms with Gasteiger partial charge in [0.2, 0.25) is 0 Å². The predicted molar refractivity (Wildman–Crippen MR) is 208 cm³/mol. The Hall–Kier alpha value is -2.50. The lowest BCUT2D eigenvalue weighted by Gasteiger charge is -2.26. The Balaban J connectivity index is -0.000000401. The number of aromatic hydroxyl groups is 1. The van der Waals surface area contributed by atoms with Gasteiger partial charge in [0.1, 0.15) is 19.3 Å². The Bertz CT molecular complexity index is 1020. The Kier molecular flexibility index (Phi) is 35.0. The molecule has 0 amide bonds. The third-order valence-electron chi connectivity index (χ3n) is 6.84. The van der Waals surface area contributed by atoms with E-state index in [2.05, 4.69) is 61.5 Å². The molecule has 1 fully saturated rings. The first-order valence-electron chi connectivity index (χ1n) is 17.7. The molecule has 1 saturated carbocycles. The second kappa shape index (κ2) is 32.1. The minimum absolute atomic E-state index is 0.153. The zero-order chi connectivity index (χ0) is 37.5. The van der Waals surface area contributed by atoms with Gasteiger partial charge in [0.25, 0.3) is 0 Å². The number of rotatable bonds is 11. The maximum Gasteiger partial charge on any atom is 0.140 e. The van der Waals surface area contributed by atoms with E-state index in [4.69, 9.17) is 31.3 Å². The topological polar surface area (TPSA) is 87.5 Å². The number of hydrogen-bond acceptors (Lipinski definition) is 5. The second-order valence-corrected chi connectivity index (χ2v) is 13.1. The molecule has 0 bridgehead atoms. The fourth-order valence-electron chi connectivity index (χ4n) is 4.21. The molecule has 0 unspecified atom stereocenters. The van der Waals surface area contributed by atoms with E-state index >= 15 is 0 Å². The first-order valence-corrected chi connectivity index (χ1v) is 18.1. The smallest absolute Gasteiger partial charge is 0.140 e. The van der Waals surface area contributed by atoms with Crippen LogP contribution in [0.3, 0.4) is 0 Å². The van der Waals surface area contributed by atoms with Crippen LogP contribution in [0, 0.1) is 5.41 Å². The van der Waals surface area contributed by atoms with E-state index in [9.17, 15) is 5.11 Å². The van der Waals surface area contributed by atoms with Gasteiger partial charge >= 0.3 is 0 Å². The highest BCUT2D eigenvalue weighted by atomic mass is 35.5. The molecule has 0 aliphatic heterocycles. The summed E-state index contributed by atoms with van der Waals surface area (Å²) in [6.07, 6.45) is 14.9. The molecule has 6 heteroatoms. The van der Waals surface area contributed by atoms with E-state index in [1.165, 1.54) is 44.9 Å². The monoisotopic (exact) mass is 678 g/mol. The van der Waals surface area contributed by atoms with Crippen LogP contribution in [-0.2, 0) is 21.4 Å². The maximum absolute atomic E-state index is 11.0. The van der Waals surface area contributed by atoms with Crippen LogP contribution in [0.15, 0.2) is 42.0 Å². The van der Waals surface area contributed by atoms with Gasteiger partial charge in [-0.05, 0) is 74.0 Å². The van der Waals surface area contributed by atoms with Crippen molar-refractivity contribution in [2.75, 3.05) is 6.61 Å². The van der Waals surface area contributed by atoms with Crippen LogP contribution in [-0.4, -0.2) is 35.4 Å². The second-order valence-electron chi connectivity index (χ2n) is 12.7. The van der Waals surface area contributed by atoms with Gasteiger partial charge in [-0.1, -0.05) is 144 Å². The van der Waals surface area contributed by atoms with Gasteiger partial charge in [0.15, 0.2) is 0 Å². The third-order valence-corrected chi connectivity index (χ3v) is 7.09. The summed E-state index contributed by atoms with van der Waals surface area (Å²) in [4.78, 5) is 20.9. The fourth-order valence-corrected chi connectivity index (χ4v) is 4.34. The number of allylic oxidation sites excluding steroid dienone is 2. The zero-order valence-corrected chi connectivity index (χ0v) is 33.2. The van der Waals surface area contributed by atoms with E-state index < -0.39 is 0 Å². The number of aliphatic hydroxyl groups excluding tert-OH is 1. The maximum atomic E-state index is 11.0. The largest absolute Gasteiger partial charge is 0.506 e. The summed E-state index contributed by atoms with van der Waals surface area (Å²) in [5.74, 6) is 0.356. The summed E-state index contributed by atoms with van der Waals surface area (Å²) in [7, 11) is 0. The highest BCUT2D eigenvalue weighted by molar-refractivity contribution is 6.30. The Morgan fingerprint density at radius 3 is 1.79 bits per heavy atom. The SMILES string of the molecule is C=O.C=O.CC.CC.CCC.CCCCCC(C)(C)CCc1nc(-c2ccc(Cl)cc2)cc(C(C)(C)C)c1O.OCCCC=C1CC1. The van der Waals surface area contributed by atoms with Crippen molar-refractivity contribution in [2.45, 2.75) is 159 Å². The average Bonchev–Trinajstić information content (AvgIpc) is 3.90. The van der Waals surface area contributed by atoms with E-state index in [0.29, 0.717) is 17.4 Å². The standard InChI is InChI=1S/C25H36ClNO.C7H12O.C3H8.2C2H6.2CH2O/c1-7-8-9-15-25(5,6)16-14-21-23(28)20(24(2,3)4)17-22(27-21)18-10-12-19(26)13-11-18;8-6-2-1-3-7-4-5-7;1-3-2;4*1-2/h10-13,17,28H,7-9,14-16H2,1-6H3;3,8H,1-2,4-6H2;3H2,1-2H3;2*1-2H3;2*1H2. The van der Waals surface area contributed by atoms with Gasteiger partial charge in [-0.25, -0.2) is 4.98 Å². The molecule has 5 nitrogen and oxygen atoms in total. The fraction of sp³-hybridized carbons (Fsp3) is 0.634. The lowest BCUT2D eigenvalue weighted by atomic mass is 9.81. The van der Waals surface area contributed by atoms with Gasteiger partial charge in [-0.2, -0.15) is 0 Å². The number of benzene rings is 1. The highest BCUT2D eigenvalue weighted by Gasteiger charge is 2.24. The van der Waals surface area contributed by atoms with Gasteiger partial charge in [-0.3, -0.25) is 0 Å². The van der Waals surface area contributed by atoms with Crippen LogP contribution < -0.4 is 0 Å². The Morgan fingerprint density at radius 2 is 1.36 bits per heavy atom. The number of carbonyl (C=O) groups excluding carboxylic acids is 2. The van der Waals surface area contributed by atoms with E-state index in [1.807, 2.05) is 71.6 Å².